The van der Waals surface area contributed by atoms with E-state index in [1.54, 1.807) is 14.2 Å². The van der Waals surface area contributed by atoms with E-state index in [0.29, 0.717) is 12.3 Å². The van der Waals surface area contributed by atoms with Crippen LogP contribution in [0.4, 0.5) is 0 Å². The third-order valence-corrected chi connectivity index (χ3v) is 3.06. The van der Waals surface area contributed by atoms with Gasteiger partial charge in [0.25, 0.3) is 0 Å². The normalized spacial score (nSPS) is 12.7. The number of rotatable bonds is 6. The van der Waals surface area contributed by atoms with Crippen LogP contribution in [-0.4, -0.2) is 20.5 Å². The molecule has 1 aromatic carbocycles. The summed E-state index contributed by atoms with van der Waals surface area (Å²) < 4.78 is 10.3. The molecule has 1 aromatic rings. The molecule has 0 amide bonds. The predicted octanol–water partition coefficient (Wildman–Crippen LogP) is 3.11. The highest BCUT2D eigenvalue weighted by molar-refractivity contribution is 5.25. The van der Waals surface area contributed by atoms with Crippen molar-refractivity contribution >= 4 is 0 Å². The molecule has 98 valence electrons. The topological polar surface area (TPSA) is 42.2 Å². The third-order valence-electron chi connectivity index (χ3n) is 3.06. The van der Waals surface area contributed by atoms with Crippen molar-refractivity contribution in [2.45, 2.75) is 32.5 Å². The summed E-state index contributed by atoms with van der Waals surface area (Å²) in [7, 11) is 3.11. The molecule has 0 N–H and O–H groups in total. The van der Waals surface area contributed by atoms with Crippen molar-refractivity contribution in [1.82, 2.24) is 0 Å². The van der Waals surface area contributed by atoms with E-state index < -0.39 is 6.29 Å². The number of nitrogens with zero attached hydrogens (tertiary/aromatic N) is 1. The Hall–Kier alpha value is -1.37. The molecule has 0 aromatic heterocycles. The third kappa shape index (κ3) is 3.83. The van der Waals surface area contributed by atoms with Crippen LogP contribution < -0.4 is 0 Å². The van der Waals surface area contributed by atoms with Crippen LogP contribution in [0, 0.1) is 17.2 Å². The van der Waals surface area contributed by atoms with E-state index in [9.17, 15) is 0 Å². The number of methoxy groups -OCH3 is 2. The average molecular weight is 247 g/mol. The maximum absolute atomic E-state index is 9.15. The summed E-state index contributed by atoms with van der Waals surface area (Å²) in [5, 5.41) is 9.15. The van der Waals surface area contributed by atoms with Crippen molar-refractivity contribution in [3.8, 4) is 6.07 Å². The molecule has 0 saturated carbocycles. The average Bonchev–Trinajstić information content (AvgIpc) is 2.39. The van der Waals surface area contributed by atoms with Gasteiger partial charge >= 0.3 is 0 Å². The lowest BCUT2D eigenvalue weighted by Crippen LogP contribution is -2.25. The quantitative estimate of drug-likeness (QED) is 0.725. The van der Waals surface area contributed by atoms with Crippen LogP contribution in [0.3, 0.4) is 0 Å². The Balaban J connectivity index is 2.74. The Morgan fingerprint density at radius 1 is 1.11 bits per heavy atom. The molecule has 1 unspecified atom stereocenters. The first-order valence-electron chi connectivity index (χ1n) is 6.16. The molecule has 0 saturated heterocycles. The summed E-state index contributed by atoms with van der Waals surface area (Å²) in [6.07, 6.45) is 0.168. The van der Waals surface area contributed by atoms with E-state index in [2.05, 4.69) is 44.2 Å². The van der Waals surface area contributed by atoms with E-state index in [0.717, 1.165) is 5.56 Å². The largest absolute Gasteiger partial charge is 0.354 e. The Morgan fingerprint density at radius 2 is 1.67 bits per heavy atom. The SMILES string of the molecule is COC(OC)C(C#N)Cc1ccc(C(C)C)cc1. The van der Waals surface area contributed by atoms with E-state index in [-0.39, 0.29) is 5.92 Å². The lowest BCUT2D eigenvalue weighted by Gasteiger charge is -2.19. The summed E-state index contributed by atoms with van der Waals surface area (Å²) in [6, 6.07) is 10.6. The van der Waals surface area contributed by atoms with Crippen LogP contribution in [-0.2, 0) is 15.9 Å². The van der Waals surface area contributed by atoms with Crippen LogP contribution in [0.25, 0.3) is 0 Å². The lowest BCUT2D eigenvalue weighted by atomic mass is 9.96. The summed E-state index contributed by atoms with van der Waals surface area (Å²) in [6.45, 7) is 4.33. The number of hydrogen-bond donors (Lipinski definition) is 0. The number of hydrogen-bond acceptors (Lipinski definition) is 3. The molecule has 0 aliphatic rings. The van der Waals surface area contributed by atoms with Gasteiger partial charge in [0.05, 0.1) is 6.07 Å². The molecule has 0 aliphatic carbocycles. The van der Waals surface area contributed by atoms with Gasteiger partial charge in [0, 0.05) is 14.2 Å². The van der Waals surface area contributed by atoms with Gasteiger partial charge in [-0.2, -0.15) is 5.26 Å². The zero-order chi connectivity index (χ0) is 13.5. The molecule has 0 bridgehead atoms. The van der Waals surface area contributed by atoms with Gasteiger partial charge in [0.15, 0.2) is 6.29 Å². The molecule has 0 aliphatic heterocycles. The van der Waals surface area contributed by atoms with Crippen molar-refractivity contribution < 1.29 is 9.47 Å². The summed E-state index contributed by atoms with van der Waals surface area (Å²) >= 11 is 0. The van der Waals surface area contributed by atoms with Crippen molar-refractivity contribution in [2.75, 3.05) is 14.2 Å². The highest BCUT2D eigenvalue weighted by Gasteiger charge is 2.20. The zero-order valence-electron chi connectivity index (χ0n) is 11.5. The van der Waals surface area contributed by atoms with Crippen molar-refractivity contribution in [1.29, 1.82) is 5.26 Å². The van der Waals surface area contributed by atoms with Crippen molar-refractivity contribution in [2.24, 2.45) is 5.92 Å². The zero-order valence-corrected chi connectivity index (χ0v) is 11.5. The van der Waals surface area contributed by atoms with Gasteiger partial charge in [-0.3, -0.25) is 0 Å². The van der Waals surface area contributed by atoms with Gasteiger partial charge in [0.1, 0.15) is 5.92 Å². The smallest absolute Gasteiger partial charge is 0.172 e. The fourth-order valence-electron chi connectivity index (χ4n) is 1.92. The molecular weight excluding hydrogens is 226 g/mol. The molecule has 3 nitrogen and oxygen atoms in total. The van der Waals surface area contributed by atoms with E-state index in [1.165, 1.54) is 5.56 Å². The van der Waals surface area contributed by atoms with Gasteiger partial charge in [-0.25, -0.2) is 0 Å². The monoisotopic (exact) mass is 247 g/mol. The van der Waals surface area contributed by atoms with Gasteiger partial charge in [-0.15, -0.1) is 0 Å². The van der Waals surface area contributed by atoms with E-state index in [1.807, 2.05) is 0 Å². The molecular formula is C15H21NO2. The number of nitriles is 1. The van der Waals surface area contributed by atoms with Crippen molar-refractivity contribution in [3.63, 3.8) is 0 Å². The first kappa shape index (κ1) is 14.7. The molecule has 3 heteroatoms. The van der Waals surface area contributed by atoms with Crippen LogP contribution in [0.15, 0.2) is 24.3 Å². The molecule has 18 heavy (non-hydrogen) atoms. The molecule has 1 atom stereocenters. The fraction of sp³-hybridized carbons (Fsp3) is 0.533. The van der Waals surface area contributed by atoms with Crippen molar-refractivity contribution in [3.05, 3.63) is 35.4 Å². The second-order valence-electron chi connectivity index (χ2n) is 4.68. The Morgan fingerprint density at radius 3 is 2.06 bits per heavy atom. The Labute approximate surface area is 109 Å². The first-order chi connectivity index (χ1) is 8.62. The fourth-order valence-corrected chi connectivity index (χ4v) is 1.92. The van der Waals surface area contributed by atoms with Gasteiger partial charge in [-0.1, -0.05) is 38.1 Å². The van der Waals surface area contributed by atoms with Gasteiger partial charge in [-0.05, 0) is 23.5 Å². The number of benzene rings is 1. The minimum atomic E-state index is -0.472. The second kappa shape index (κ2) is 7.15. The Kier molecular flexibility index (Phi) is 5.84. The molecule has 0 heterocycles. The summed E-state index contributed by atoms with van der Waals surface area (Å²) in [5.74, 6) is 0.237. The minimum absolute atomic E-state index is 0.287. The van der Waals surface area contributed by atoms with Gasteiger partial charge < -0.3 is 9.47 Å². The summed E-state index contributed by atoms with van der Waals surface area (Å²) in [4.78, 5) is 0. The Bertz CT molecular complexity index is 388. The lowest BCUT2D eigenvalue weighted by molar-refractivity contribution is -0.124. The van der Waals surface area contributed by atoms with Gasteiger partial charge in [0.2, 0.25) is 0 Å². The second-order valence-corrected chi connectivity index (χ2v) is 4.68. The number of ether oxygens (including phenoxy) is 2. The summed E-state index contributed by atoms with van der Waals surface area (Å²) in [5.41, 5.74) is 2.44. The highest BCUT2D eigenvalue weighted by atomic mass is 16.7. The molecule has 0 fully saturated rings. The molecule has 0 spiro atoms. The van der Waals surface area contributed by atoms with E-state index >= 15 is 0 Å². The first-order valence-corrected chi connectivity index (χ1v) is 6.16. The predicted molar refractivity (Wildman–Crippen MR) is 71.1 cm³/mol. The maximum atomic E-state index is 9.15. The van der Waals surface area contributed by atoms with Crippen LogP contribution >= 0.6 is 0 Å². The minimum Gasteiger partial charge on any atom is -0.354 e. The highest BCUT2D eigenvalue weighted by Crippen LogP contribution is 2.18. The maximum Gasteiger partial charge on any atom is 0.172 e. The van der Waals surface area contributed by atoms with Crippen LogP contribution in [0.2, 0.25) is 0 Å². The standard InChI is InChI=1S/C15H21NO2/c1-11(2)13-7-5-12(6-8-13)9-14(10-16)15(17-3)18-4/h5-8,11,14-15H,9H2,1-4H3. The molecule has 1 rings (SSSR count). The van der Waals surface area contributed by atoms with Crippen LogP contribution in [0.5, 0.6) is 0 Å². The molecule has 0 radical (unpaired) electrons. The van der Waals surface area contributed by atoms with E-state index in [4.69, 9.17) is 14.7 Å². The van der Waals surface area contributed by atoms with Crippen LogP contribution in [0.1, 0.15) is 30.9 Å².